The number of methoxy groups -OCH3 is 1. The lowest BCUT2D eigenvalue weighted by molar-refractivity contribution is 0.0935. The van der Waals surface area contributed by atoms with Crippen LogP contribution in [0.5, 0.6) is 11.5 Å². The van der Waals surface area contributed by atoms with Crippen molar-refractivity contribution in [1.29, 1.82) is 0 Å². The minimum absolute atomic E-state index is 0.192. The summed E-state index contributed by atoms with van der Waals surface area (Å²) in [5, 5.41) is 3.03. The number of hydrogen-bond donors (Lipinski definition) is 1. The molecule has 1 unspecified atom stereocenters. The molecule has 1 saturated carbocycles. The SMILES string of the molecule is COc1cc(C(C)NC(=O)c2cn3c(C)cccc3n2)ccc1OC1CCCC1. The molecule has 1 atom stereocenters. The summed E-state index contributed by atoms with van der Waals surface area (Å²) < 4.78 is 13.6. The average Bonchev–Trinajstić information content (AvgIpc) is 3.38. The molecule has 0 saturated heterocycles. The van der Waals surface area contributed by atoms with Crippen LogP contribution in [0.15, 0.2) is 42.6 Å². The molecule has 2 aromatic heterocycles. The molecule has 2 heterocycles. The third kappa shape index (κ3) is 4.06. The zero-order valence-electron chi connectivity index (χ0n) is 17.1. The van der Waals surface area contributed by atoms with Gasteiger partial charge in [-0.2, -0.15) is 0 Å². The van der Waals surface area contributed by atoms with Gasteiger partial charge in [0, 0.05) is 11.9 Å². The van der Waals surface area contributed by atoms with Crippen LogP contribution in [-0.2, 0) is 0 Å². The predicted octanol–water partition coefficient (Wildman–Crippen LogP) is 4.46. The second kappa shape index (κ2) is 8.15. The molecule has 3 aromatic rings. The Balaban J connectivity index is 1.48. The molecule has 0 radical (unpaired) electrons. The maximum atomic E-state index is 12.7. The van der Waals surface area contributed by atoms with Crippen LogP contribution >= 0.6 is 0 Å². The maximum absolute atomic E-state index is 12.7. The van der Waals surface area contributed by atoms with Gasteiger partial charge >= 0.3 is 0 Å². The van der Waals surface area contributed by atoms with E-state index in [1.165, 1.54) is 12.8 Å². The van der Waals surface area contributed by atoms with Gasteiger partial charge in [0.25, 0.3) is 5.91 Å². The van der Waals surface area contributed by atoms with E-state index in [0.717, 1.165) is 35.5 Å². The Kier molecular flexibility index (Phi) is 5.43. The maximum Gasteiger partial charge on any atom is 0.271 e. The quantitative estimate of drug-likeness (QED) is 0.671. The molecule has 1 amide bonds. The zero-order valence-corrected chi connectivity index (χ0v) is 17.1. The first-order valence-electron chi connectivity index (χ1n) is 10.2. The van der Waals surface area contributed by atoms with Crippen LogP contribution in [0, 0.1) is 6.92 Å². The molecular weight excluding hydrogens is 366 g/mol. The van der Waals surface area contributed by atoms with E-state index in [-0.39, 0.29) is 18.1 Å². The van der Waals surface area contributed by atoms with Crippen molar-refractivity contribution in [2.45, 2.75) is 51.7 Å². The van der Waals surface area contributed by atoms with Crippen molar-refractivity contribution in [3.8, 4) is 11.5 Å². The second-order valence-electron chi connectivity index (χ2n) is 7.65. The molecule has 29 heavy (non-hydrogen) atoms. The number of benzene rings is 1. The molecule has 6 nitrogen and oxygen atoms in total. The fourth-order valence-electron chi connectivity index (χ4n) is 3.85. The van der Waals surface area contributed by atoms with Gasteiger partial charge in [0.15, 0.2) is 11.5 Å². The van der Waals surface area contributed by atoms with Crippen molar-refractivity contribution < 1.29 is 14.3 Å². The Morgan fingerprint density at radius 2 is 2.00 bits per heavy atom. The summed E-state index contributed by atoms with van der Waals surface area (Å²) in [5.41, 5.74) is 3.15. The normalized spacial score (nSPS) is 15.4. The monoisotopic (exact) mass is 393 g/mol. The van der Waals surface area contributed by atoms with Crippen molar-refractivity contribution in [3.05, 3.63) is 59.5 Å². The number of nitrogens with zero attached hydrogens (tertiary/aromatic N) is 2. The molecule has 1 aromatic carbocycles. The summed E-state index contributed by atoms with van der Waals surface area (Å²) in [6.07, 6.45) is 6.66. The fraction of sp³-hybridized carbons (Fsp3) is 0.391. The Hall–Kier alpha value is -3.02. The summed E-state index contributed by atoms with van der Waals surface area (Å²) >= 11 is 0. The number of rotatable bonds is 6. The van der Waals surface area contributed by atoms with Crippen LogP contribution in [0.4, 0.5) is 0 Å². The van der Waals surface area contributed by atoms with E-state index in [4.69, 9.17) is 9.47 Å². The Morgan fingerprint density at radius 3 is 2.72 bits per heavy atom. The van der Waals surface area contributed by atoms with E-state index in [0.29, 0.717) is 11.4 Å². The van der Waals surface area contributed by atoms with Gasteiger partial charge in [0.1, 0.15) is 11.3 Å². The van der Waals surface area contributed by atoms with Crippen molar-refractivity contribution in [2.75, 3.05) is 7.11 Å². The number of aromatic nitrogens is 2. The smallest absolute Gasteiger partial charge is 0.271 e. The molecular formula is C23H27N3O3. The molecule has 6 heteroatoms. The molecule has 1 aliphatic rings. The van der Waals surface area contributed by atoms with Crippen LogP contribution in [0.3, 0.4) is 0 Å². The van der Waals surface area contributed by atoms with Crippen LogP contribution < -0.4 is 14.8 Å². The van der Waals surface area contributed by atoms with Crippen molar-refractivity contribution >= 4 is 11.6 Å². The lowest BCUT2D eigenvalue weighted by atomic mass is 10.1. The number of imidazole rings is 1. The molecule has 0 bridgehead atoms. The summed E-state index contributed by atoms with van der Waals surface area (Å²) in [4.78, 5) is 17.1. The third-order valence-electron chi connectivity index (χ3n) is 5.56. The van der Waals surface area contributed by atoms with E-state index in [2.05, 4.69) is 10.3 Å². The van der Waals surface area contributed by atoms with Crippen LogP contribution in [-0.4, -0.2) is 28.5 Å². The molecule has 4 rings (SSSR count). The fourth-order valence-corrected chi connectivity index (χ4v) is 3.85. The second-order valence-corrected chi connectivity index (χ2v) is 7.65. The lowest BCUT2D eigenvalue weighted by Gasteiger charge is -2.19. The van der Waals surface area contributed by atoms with Crippen LogP contribution in [0.2, 0.25) is 0 Å². The first-order chi connectivity index (χ1) is 14.0. The van der Waals surface area contributed by atoms with Crippen molar-refractivity contribution in [1.82, 2.24) is 14.7 Å². The number of ether oxygens (including phenoxy) is 2. The number of carbonyl (C=O) groups excluding carboxylic acids is 1. The Morgan fingerprint density at radius 1 is 1.21 bits per heavy atom. The van der Waals surface area contributed by atoms with Gasteiger partial charge in [-0.15, -0.1) is 0 Å². The lowest BCUT2D eigenvalue weighted by Crippen LogP contribution is -2.27. The first kappa shape index (κ1) is 19.3. The number of carbonyl (C=O) groups is 1. The third-order valence-corrected chi connectivity index (χ3v) is 5.56. The highest BCUT2D eigenvalue weighted by molar-refractivity contribution is 5.93. The number of pyridine rings is 1. The summed E-state index contributed by atoms with van der Waals surface area (Å²) in [6.45, 7) is 3.94. The van der Waals surface area contributed by atoms with Gasteiger partial charge in [0.2, 0.25) is 0 Å². The van der Waals surface area contributed by atoms with Gasteiger partial charge in [-0.3, -0.25) is 4.79 Å². The van der Waals surface area contributed by atoms with Gasteiger partial charge < -0.3 is 19.2 Å². The molecule has 0 aliphatic heterocycles. The summed E-state index contributed by atoms with van der Waals surface area (Å²) in [7, 11) is 1.64. The van der Waals surface area contributed by atoms with E-state index in [1.54, 1.807) is 13.3 Å². The predicted molar refractivity (Wildman–Crippen MR) is 112 cm³/mol. The average molecular weight is 393 g/mol. The molecule has 0 spiro atoms. The molecule has 1 fully saturated rings. The van der Waals surface area contributed by atoms with Crippen molar-refractivity contribution in [3.63, 3.8) is 0 Å². The van der Waals surface area contributed by atoms with Gasteiger partial charge in [0.05, 0.1) is 19.3 Å². The highest BCUT2D eigenvalue weighted by Gasteiger charge is 2.20. The minimum atomic E-state index is -0.203. The highest BCUT2D eigenvalue weighted by atomic mass is 16.5. The van der Waals surface area contributed by atoms with E-state index in [9.17, 15) is 4.79 Å². The van der Waals surface area contributed by atoms with Crippen LogP contribution in [0.25, 0.3) is 5.65 Å². The van der Waals surface area contributed by atoms with E-state index >= 15 is 0 Å². The van der Waals surface area contributed by atoms with Gasteiger partial charge in [-0.05, 0) is 69.4 Å². The molecule has 152 valence electrons. The zero-order chi connectivity index (χ0) is 20.4. The summed E-state index contributed by atoms with van der Waals surface area (Å²) in [6, 6.07) is 11.5. The Bertz CT molecular complexity index is 1020. The van der Waals surface area contributed by atoms with Gasteiger partial charge in [-0.25, -0.2) is 4.98 Å². The Labute approximate surface area is 170 Å². The number of fused-ring (bicyclic) bond motifs is 1. The first-order valence-corrected chi connectivity index (χ1v) is 10.2. The number of hydrogen-bond acceptors (Lipinski definition) is 4. The van der Waals surface area contributed by atoms with Crippen molar-refractivity contribution in [2.24, 2.45) is 0 Å². The van der Waals surface area contributed by atoms with E-state index < -0.39 is 0 Å². The van der Waals surface area contributed by atoms with E-state index in [1.807, 2.05) is 54.6 Å². The standard InChI is InChI=1S/C23H27N3O3/c1-15-7-6-10-22-25-19(14-26(15)22)23(27)24-16(2)17-11-12-20(21(13-17)28-3)29-18-8-4-5-9-18/h6-7,10-14,16,18H,4-5,8-9H2,1-3H3,(H,24,27). The molecule has 1 N–H and O–H groups in total. The minimum Gasteiger partial charge on any atom is -0.493 e. The highest BCUT2D eigenvalue weighted by Crippen LogP contribution is 2.33. The number of nitrogens with one attached hydrogen (secondary N) is 1. The topological polar surface area (TPSA) is 64.9 Å². The van der Waals surface area contributed by atoms with Crippen LogP contribution in [0.1, 0.15) is 60.4 Å². The van der Waals surface area contributed by atoms with Gasteiger partial charge in [-0.1, -0.05) is 12.1 Å². The molecule has 1 aliphatic carbocycles. The largest absolute Gasteiger partial charge is 0.493 e. The number of amides is 1. The summed E-state index contributed by atoms with van der Waals surface area (Å²) in [5.74, 6) is 1.25. The number of aryl methyl sites for hydroxylation is 1.